The van der Waals surface area contributed by atoms with E-state index < -0.39 is 4.92 Å². The minimum atomic E-state index is -0.648. The quantitative estimate of drug-likeness (QED) is 0.377. The number of carbonyl (C=O) groups is 1. The summed E-state index contributed by atoms with van der Waals surface area (Å²) in [5, 5.41) is 10.5. The molecule has 2 rings (SSSR count). The highest BCUT2D eigenvalue weighted by atomic mass is 35.5. The van der Waals surface area contributed by atoms with E-state index in [9.17, 15) is 14.9 Å². The standard InChI is InChI=1S/C8H7ClN4O3S/c9-8-10-2-5(13(15)16)7(11-8)12-3-4(17)1-6(12)14/h2,4,17H,1,3H2. The Morgan fingerprint density at radius 1 is 1.65 bits per heavy atom. The summed E-state index contributed by atoms with van der Waals surface area (Å²) in [6.45, 7) is 0.274. The molecule has 17 heavy (non-hydrogen) atoms. The molecular formula is C8H7ClN4O3S. The fourth-order valence-electron chi connectivity index (χ4n) is 1.57. The van der Waals surface area contributed by atoms with Gasteiger partial charge >= 0.3 is 5.69 Å². The number of hydrogen-bond acceptors (Lipinski definition) is 6. The normalized spacial score (nSPS) is 19.8. The van der Waals surface area contributed by atoms with Crippen LogP contribution in [-0.2, 0) is 4.79 Å². The summed E-state index contributed by atoms with van der Waals surface area (Å²) in [7, 11) is 0. The molecule has 90 valence electrons. The molecule has 1 atom stereocenters. The molecular weight excluding hydrogens is 268 g/mol. The summed E-state index contributed by atoms with van der Waals surface area (Å²) < 4.78 is 0. The molecule has 2 heterocycles. The van der Waals surface area contributed by atoms with Crippen molar-refractivity contribution in [2.75, 3.05) is 11.4 Å². The largest absolute Gasteiger partial charge is 0.330 e. The third-order valence-corrected chi connectivity index (χ3v) is 2.81. The van der Waals surface area contributed by atoms with Gasteiger partial charge in [-0.1, -0.05) is 0 Å². The molecule has 0 bridgehead atoms. The van der Waals surface area contributed by atoms with Gasteiger partial charge in [0, 0.05) is 18.2 Å². The lowest BCUT2D eigenvalue weighted by atomic mass is 10.4. The first-order chi connectivity index (χ1) is 7.99. The van der Waals surface area contributed by atoms with E-state index >= 15 is 0 Å². The summed E-state index contributed by atoms with van der Waals surface area (Å²) in [4.78, 5) is 30.3. The molecule has 0 saturated carbocycles. The molecule has 7 nitrogen and oxygen atoms in total. The monoisotopic (exact) mass is 274 g/mol. The molecule has 1 aliphatic heterocycles. The second-order valence-corrected chi connectivity index (χ2v) is 4.54. The number of anilines is 1. The number of nitrogens with zero attached hydrogens (tertiary/aromatic N) is 4. The van der Waals surface area contributed by atoms with E-state index in [-0.39, 0.29) is 40.9 Å². The van der Waals surface area contributed by atoms with Crippen LogP contribution in [-0.4, -0.2) is 32.6 Å². The molecule has 0 spiro atoms. The van der Waals surface area contributed by atoms with Gasteiger partial charge < -0.3 is 0 Å². The lowest BCUT2D eigenvalue weighted by Gasteiger charge is -2.14. The topological polar surface area (TPSA) is 89.2 Å². The van der Waals surface area contributed by atoms with Crippen LogP contribution >= 0.6 is 24.2 Å². The van der Waals surface area contributed by atoms with E-state index in [1.54, 1.807) is 0 Å². The maximum absolute atomic E-state index is 11.6. The van der Waals surface area contributed by atoms with Crippen molar-refractivity contribution in [3.63, 3.8) is 0 Å². The second kappa shape index (κ2) is 4.46. The van der Waals surface area contributed by atoms with Crippen LogP contribution < -0.4 is 4.90 Å². The first kappa shape index (κ1) is 12.1. The van der Waals surface area contributed by atoms with Gasteiger partial charge in [-0.2, -0.15) is 17.6 Å². The summed E-state index contributed by atoms with van der Waals surface area (Å²) in [6.07, 6.45) is 1.21. The fraction of sp³-hybridized carbons (Fsp3) is 0.375. The molecule has 9 heteroatoms. The number of halogens is 1. The van der Waals surface area contributed by atoms with Gasteiger partial charge in [-0.25, -0.2) is 4.98 Å². The summed E-state index contributed by atoms with van der Waals surface area (Å²) in [6, 6.07) is 0. The Morgan fingerprint density at radius 3 is 2.88 bits per heavy atom. The molecule has 1 saturated heterocycles. The Kier molecular flexibility index (Phi) is 3.16. The molecule has 0 N–H and O–H groups in total. The molecule has 0 radical (unpaired) electrons. The van der Waals surface area contributed by atoms with Gasteiger partial charge in [-0.3, -0.25) is 19.8 Å². The van der Waals surface area contributed by atoms with Gasteiger partial charge in [0.05, 0.1) is 4.92 Å². The number of hydrogen-bond donors (Lipinski definition) is 1. The second-order valence-electron chi connectivity index (χ2n) is 3.47. The third kappa shape index (κ3) is 2.32. The molecule has 1 fully saturated rings. The van der Waals surface area contributed by atoms with Gasteiger partial charge in [-0.15, -0.1) is 0 Å². The van der Waals surface area contributed by atoms with Crippen LogP contribution in [0.1, 0.15) is 6.42 Å². The van der Waals surface area contributed by atoms with Gasteiger partial charge in [0.1, 0.15) is 6.20 Å². The van der Waals surface area contributed by atoms with Crippen molar-refractivity contribution in [3.05, 3.63) is 21.6 Å². The number of nitro groups is 1. The van der Waals surface area contributed by atoms with Crippen molar-refractivity contribution in [3.8, 4) is 0 Å². The number of thiol groups is 1. The molecule has 1 aromatic heterocycles. The maximum Gasteiger partial charge on any atom is 0.330 e. The average molecular weight is 275 g/mol. The number of aromatic nitrogens is 2. The van der Waals surface area contributed by atoms with Crippen LogP contribution in [0.3, 0.4) is 0 Å². The predicted octanol–water partition coefficient (Wildman–Crippen LogP) is 1.07. The Hall–Kier alpha value is -1.41. The Morgan fingerprint density at radius 2 is 2.35 bits per heavy atom. The van der Waals surface area contributed by atoms with E-state index in [1.165, 1.54) is 4.90 Å². The Bertz CT molecular complexity index is 498. The maximum atomic E-state index is 11.6. The number of amides is 1. The van der Waals surface area contributed by atoms with Crippen LogP contribution in [0.15, 0.2) is 6.20 Å². The molecule has 1 amide bonds. The fourth-order valence-corrected chi connectivity index (χ4v) is 2.01. The van der Waals surface area contributed by atoms with Crippen LogP contribution in [0, 0.1) is 10.1 Å². The zero-order chi connectivity index (χ0) is 12.6. The Balaban J connectivity index is 2.46. The summed E-state index contributed by atoms with van der Waals surface area (Å²) in [5.41, 5.74) is -0.342. The predicted molar refractivity (Wildman–Crippen MR) is 63.4 cm³/mol. The first-order valence-electron chi connectivity index (χ1n) is 4.64. The van der Waals surface area contributed by atoms with Crippen molar-refractivity contribution in [1.29, 1.82) is 0 Å². The zero-order valence-corrected chi connectivity index (χ0v) is 10.1. The van der Waals surface area contributed by atoms with E-state index in [0.717, 1.165) is 6.20 Å². The van der Waals surface area contributed by atoms with Crippen LogP contribution in [0.25, 0.3) is 0 Å². The van der Waals surface area contributed by atoms with Crippen molar-refractivity contribution >= 4 is 41.6 Å². The zero-order valence-electron chi connectivity index (χ0n) is 8.41. The van der Waals surface area contributed by atoms with Crippen LogP contribution in [0.4, 0.5) is 11.5 Å². The van der Waals surface area contributed by atoms with Gasteiger partial charge in [0.15, 0.2) is 0 Å². The summed E-state index contributed by atoms with van der Waals surface area (Å²) in [5.74, 6) is -0.334. The van der Waals surface area contributed by atoms with Gasteiger partial charge in [-0.05, 0) is 11.6 Å². The van der Waals surface area contributed by atoms with Crippen molar-refractivity contribution < 1.29 is 9.72 Å². The van der Waals surface area contributed by atoms with Gasteiger partial charge in [0.25, 0.3) is 0 Å². The highest BCUT2D eigenvalue weighted by molar-refractivity contribution is 7.81. The van der Waals surface area contributed by atoms with Crippen LogP contribution in [0.2, 0.25) is 5.28 Å². The van der Waals surface area contributed by atoms with Gasteiger partial charge in [0.2, 0.25) is 17.0 Å². The average Bonchev–Trinajstić information content (AvgIpc) is 2.57. The van der Waals surface area contributed by atoms with E-state index in [0.29, 0.717) is 0 Å². The summed E-state index contributed by atoms with van der Waals surface area (Å²) >= 11 is 9.75. The Labute approximate surface area is 106 Å². The molecule has 1 aliphatic rings. The molecule has 1 aromatic rings. The SMILES string of the molecule is O=C1CC(S)CN1c1nc(Cl)ncc1[N+](=O)[O-]. The molecule has 1 unspecified atom stereocenters. The van der Waals surface area contributed by atoms with E-state index in [4.69, 9.17) is 11.6 Å². The van der Waals surface area contributed by atoms with Crippen molar-refractivity contribution in [2.24, 2.45) is 0 Å². The van der Waals surface area contributed by atoms with Crippen molar-refractivity contribution in [1.82, 2.24) is 9.97 Å². The minimum Gasteiger partial charge on any atom is -0.290 e. The highest BCUT2D eigenvalue weighted by Crippen LogP contribution is 2.30. The number of rotatable bonds is 2. The van der Waals surface area contributed by atoms with E-state index in [2.05, 4.69) is 22.6 Å². The lowest BCUT2D eigenvalue weighted by Crippen LogP contribution is -2.26. The molecule has 0 aromatic carbocycles. The lowest BCUT2D eigenvalue weighted by molar-refractivity contribution is -0.384. The first-order valence-corrected chi connectivity index (χ1v) is 5.54. The highest BCUT2D eigenvalue weighted by Gasteiger charge is 2.34. The van der Waals surface area contributed by atoms with Crippen molar-refractivity contribution in [2.45, 2.75) is 11.7 Å². The number of carbonyl (C=O) groups excluding carboxylic acids is 1. The van der Waals surface area contributed by atoms with E-state index in [1.807, 2.05) is 0 Å². The smallest absolute Gasteiger partial charge is 0.290 e. The third-order valence-electron chi connectivity index (χ3n) is 2.28. The molecule has 0 aliphatic carbocycles. The minimum absolute atomic E-state index is 0.0726. The van der Waals surface area contributed by atoms with Crippen LogP contribution in [0.5, 0.6) is 0 Å².